The molecule has 1 saturated heterocycles. The average Bonchev–Trinajstić information content (AvgIpc) is 3.24. The van der Waals surface area contributed by atoms with Crippen LogP contribution in [0.5, 0.6) is 0 Å². The molecule has 0 bridgehead atoms. The van der Waals surface area contributed by atoms with Gasteiger partial charge in [-0.05, 0) is 38.5 Å². The van der Waals surface area contributed by atoms with E-state index in [1.807, 2.05) is 13.8 Å². The normalized spacial score (nSPS) is 30.4. The van der Waals surface area contributed by atoms with Crippen molar-refractivity contribution in [3.05, 3.63) is 0 Å². The van der Waals surface area contributed by atoms with E-state index in [4.69, 9.17) is 0 Å². The molecule has 0 aromatic carbocycles. The highest BCUT2D eigenvalue weighted by atomic mass is 19.1. The van der Waals surface area contributed by atoms with Gasteiger partial charge in [0.2, 0.25) is 11.8 Å². The van der Waals surface area contributed by atoms with Crippen molar-refractivity contribution in [2.75, 3.05) is 13.2 Å². The lowest BCUT2D eigenvalue weighted by molar-refractivity contribution is -0.164. The van der Waals surface area contributed by atoms with Crippen molar-refractivity contribution < 1.29 is 14.0 Å². The van der Waals surface area contributed by atoms with Crippen LogP contribution < -0.4 is 5.32 Å². The number of nitrogens with zero attached hydrogens (tertiary/aromatic N) is 1. The molecule has 1 saturated carbocycles. The van der Waals surface area contributed by atoms with Crippen molar-refractivity contribution in [1.29, 1.82) is 0 Å². The van der Waals surface area contributed by atoms with Gasteiger partial charge in [0.15, 0.2) is 0 Å². The van der Waals surface area contributed by atoms with Gasteiger partial charge in [0.25, 0.3) is 0 Å². The highest BCUT2D eigenvalue weighted by Gasteiger charge is 2.60. The molecular weight excluding hydrogens is 247 g/mol. The molecule has 1 N–H and O–H groups in total. The minimum atomic E-state index is -0.864. The molecule has 1 heterocycles. The minimum Gasteiger partial charge on any atom is -0.340 e. The Bertz CT molecular complexity index is 391. The number of hydrogen-bond acceptors (Lipinski definition) is 2. The lowest BCUT2D eigenvalue weighted by Gasteiger charge is -2.51. The van der Waals surface area contributed by atoms with E-state index in [0.717, 1.165) is 12.8 Å². The smallest absolute Gasteiger partial charge is 0.249 e. The van der Waals surface area contributed by atoms with Gasteiger partial charge in [0.1, 0.15) is 17.8 Å². The molecule has 2 aliphatic rings. The standard InChI is InChI=1S/C14H23FN2O2/c1-4-14(5-2)12(19)17(9-8-15)13(3,10-6-7-10)11(18)16-14/h10H,4-9H2,1-3H3,(H,16,18). The number of rotatable bonds is 5. The number of hydrogen-bond donors (Lipinski definition) is 1. The van der Waals surface area contributed by atoms with Gasteiger partial charge >= 0.3 is 0 Å². The second-order valence-corrected chi connectivity index (χ2v) is 5.81. The monoisotopic (exact) mass is 270 g/mol. The van der Waals surface area contributed by atoms with Crippen LogP contribution in [0.4, 0.5) is 4.39 Å². The molecule has 2 amide bonds. The summed E-state index contributed by atoms with van der Waals surface area (Å²) in [5.41, 5.74) is -1.71. The summed E-state index contributed by atoms with van der Waals surface area (Å²) < 4.78 is 12.8. The number of carbonyl (C=O) groups is 2. The molecule has 2 fully saturated rings. The Morgan fingerprint density at radius 2 is 1.89 bits per heavy atom. The highest BCUT2D eigenvalue weighted by molar-refractivity contribution is 6.02. The van der Waals surface area contributed by atoms with Crippen LogP contribution in [0.25, 0.3) is 0 Å². The second-order valence-electron chi connectivity index (χ2n) is 5.81. The summed E-state index contributed by atoms with van der Waals surface area (Å²) in [6.45, 7) is 4.96. The quantitative estimate of drug-likeness (QED) is 0.825. The van der Waals surface area contributed by atoms with Crippen LogP contribution >= 0.6 is 0 Å². The molecule has 1 unspecified atom stereocenters. The number of halogens is 1. The topological polar surface area (TPSA) is 49.4 Å². The molecular formula is C14H23FN2O2. The predicted octanol–water partition coefficient (Wildman–Crippen LogP) is 1.64. The van der Waals surface area contributed by atoms with E-state index in [9.17, 15) is 14.0 Å². The summed E-state index contributed by atoms with van der Waals surface area (Å²) in [5, 5.41) is 2.93. The van der Waals surface area contributed by atoms with Crippen molar-refractivity contribution in [3.63, 3.8) is 0 Å². The number of nitrogens with one attached hydrogen (secondary N) is 1. The zero-order valence-corrected chi connectivity index (χ0v) is 12.0. The molecule has 1 aliphatic carbocycles. The lowest BCUT2D eigenvalue weighted by atomic mass is 9.80. The molecule has 0 aromatic heterocycles. The first-order valence-corrected chi connectivity index (χ1v) is 7.17. The van der Waals surface area contributed by atoms with Gasteiger partial charge in [-0.1, -0.05) is 13.8 Å². The van der Waals surface area contributed by atoms with E-state index in [1.54, 1.807) is 6.92 Å². The molecule has 5 heteroatoms. The number of amides is 2. The first-order chi connectivity index (χ1) is 8.96. The van der Waals surface area contributed by atoms with Gasteiger partial charge in [-0.2, -0.15) is 0 Å². The highest BCUT2D eigenvalue weighted by Crippen LogP contribution is 2.46. The van der Waals surface area contributed by atoms with E-state index < -0.39 is 17.8 Å². The molecule has 1 aliphatic heterocycles. The van der Waals surface area contributed by atoms with Gasteiger partial charge in [-0.3, -0.25) is 9.59 Å². The summed E-state index contributed by atoms with van der Waals surface area (Å²) in [7, 11) is 0. The number of carbonyl (C=O) groups excluding carboxylic acids is 2. The lowest BCUT2D eigenvalue weighted by Crippen LogP contribution is -2.75. The third-order valence-electron chi connectivity index (χ3n) is 4.92. The third-order valence-corrected chi connectivity index (χ3v) is 4.92. The molecule has 0 spiro atoms. The Balaban J connectivity index is 2.39. The SMILES string of the molecule is CCC1(CC)NC(=O)C(C)(C2CC2)N(CCF)C1=O. The molecule has 19 heavy (non-hydrogen) atoms. The molecule has 1 atom stereocenters. The van der Waals surface area contributed by atoms with Crippen LogP contribution in [0.3, 0.4) is 0 Å². The van der Waals surface area contributed by atoms with Crippen molar-refractivity contribution in [2.24, 2.45) is 5.92 Å². The van der Waals surface area contributed by atoms with Crippen LogP contribution in [0.15, 0.2) is 0 Å². The molecule has 0 radical (unpaired) electrons. The Hall–Kier alpha value is -1.13. The van der Waals surface area contributed by atoms with Gasteiger partial charge in [0.05, 0.1) is 6.54 Å². The Kier molecular flexibility index (Phi) is 3.58. The van der Waals surface area contributed by atoms with Crippen LogP contribution in [-0.2, 0) is 9.59 Å². The average molecular weight is 270 g/mol. The fraction of sp³-hybridized carbons (Fsp3) is 0.857. The maximum Gasteiger partial charge on any atom is 0.249 e. The second kappa shape index (κ2) is 4.76. The fourth-order valence-electron chi connectivity index (χ4n) is 3.19. The van der Waals surface area contributed by atoms with E-state index in [0.29, 0.717) is 12.8 Å². The maximum absolute atomic E-state index is 12.8. The number of piperazine rings is 1. The third kappa shape index (κ3) is 1.94. The fourth-order valence-corrected chi connectivity index (χ4v) is 3.19. The molecule has 0 aromatic rings. The summed E-state index contributed by atoms with van der Waals surface area (Å²) in [5.74, 6) is -0.0642. The first kappa shape index (κ1) is 14.3. The van der Waals surface area contributed by atoms with Gasteiger partial charge in [-0.15, -0.1) is 0 Å². The van der Waals surface area contributed by atoms with E-state index in [-0.39, 0.29) is 24.3 Å². The van der Waals surface area contributed by atoms with Gasteiger partial charge in [-0.25, -0.2) is 4.39 Å². The predicted molar refractivity (Wildman–Crippen MR) is 70.3 cm³/mol. The Morgan fingerprint density at radius 3 is 2.32 bits per heavy atom. The Morgan fingerprint density at radius 1 is 1.32 bits per heavy atom. The van der Waals surface area contributed by atoms with Crippen molar-refractivity contribution >= 4 is 11.8 Å². The van der Waals surface area contributed by atoms with E-state index >= 15 is 0 Å². The summed E-state index contributed by atoms with van der Waals surface area (Å²) in [6, 6.07) is 0. The first-order valence-electron chi connectivity index (χ1n) is 7.17. The van der Waals surface area contributed by atoms with E-state index in [2.05, 4.69) is 5.32 Å². The van der Waals surface area contributed by atoms with Crippen LogP contribution in [0.2, 0.25) is 0 Å². The largest absolute Gasteiger partial charge is 0.340 e. The summed E-state index contributed by atoms with van der Waals surface area (Å²) in [6.07, 6.45) is 2.95. The van der Waals surface area contributed by atoms with Crippen LogP contribution in [0.1, 0.15) is 46.5 Å². The van der Waals surface area contributed by atoms with Gasteiger partial charge in [0, 0.05) is 0 Å². The van der Waals surface area contributed by atoms with Gasteiger partial charge < -0.3 is 10.2 Å². The summed E-state index contributed by atoms with van der Waals surface area (Å²) in [4.78, 5) is 26.8. The Labute approximate surface area is 113 Å². The minimum absolute atomic E-state index is 0.0149. The van der Waals surface area contributed by atoms with E-state index in [1.165, 1.54) is 4.90 Å². The molecule has 4 nitrogen and oxygen atoms in total. The van der Waals surface area contributed by atoms with Crippen molar-refractivity contribution in [1.82, 2.24) is 10.2 Å². The van der Waals surface area contributed by atoms with Crippen LogP contribution in [0, 0.1) is 5.92 Å². The number of alkyl halides is 1. The molecule has 2 rings (SSSR count). The summed E-state index contributed by atoms with van der Waals surface area (Å²) >= 11 is 0. The van der Waals surface area contributed by atoms with Crippen LogP contribution in [-0.4, -0.2) is 41.0 Å². The zero-order valence-electron chi connectivity index (χ0n) is 12.0. The zero-order chi connectivity index (χ0) is 14.3. The van der Waals surface area contributed by atoms with Crippen molar-refractivity contribution in [3.8, 4) is 0 Å². The molecule has 108 valence electrons. The maximum atomic E-state index is 12.8. The van der Waals surface area contributed by atoms with Crippen molar-refractivity contribution in [2.45, 2.75) is 57.5 Å².